The maximum Gasteiger partial charge on any atom is 0.192 e. The lowest BCUT2D eigenvalue weighted by Crippen LogP contribution is -2.44. The van der Waals surface area contributed by atoms with Gasteiger partial charge in [-0.15, -0.1) is 0 Å². The van der Waals surface area contributed by atoms with Crippen LogP contribution in [0.3, 0.4) is 0 Å². The highest BCUT2D eigenvalue weighted by Crippen LogP contribution is 2.37. The van der Waals surface area contributed by atoms with Crippen molar-refractivity contribution < 1.29 is 13.9 Å². The van der Waals surface area contributed by atoms with Gasteiger partial charge < -0.3 is 13.9 Å². The van der Waals surface area contributed by atoms with Crippen LogP contribution in [-0.4, -0.2) is 47.7 Å². The van der Waals surface area contributed by atoms with Crippen molar-refractivity contribution in [2.45, 2.75) is 63.5 Å². The molecule has 0 amide bonds. The third-order valence-electron chi connectivity index (χ3n) is 4.21. The minimum absolute atomic E-state index is 0.0494. The maximum atomic E-state index is 8.29. The van der Waals surface area contributed by atoms with Crippen LogP contribution in [0.1, 0.15) is 27.2 Å². The molecule has 1 aliphatic heterocycles. The molecule has 0 saturated carbocycles. The average molecular weight is 299 g/mol. The van der Waals surface area contributed by atoms with Gasteiger partial charge in [0.05, 0.1) is 12.7 Å². The van der Waals surface area contributed by atoms with Gasteiger partial charge in [0.1, 0.15) is 20.7 Å². The van der Waals surface area contributed by atoms with Gasteiger partial charge in [0.25, 0.3) is 0 Å². The summed E-state index contributed by atoms with van der Waals surface area (Å²) < 4.78 is 17.6. The smallest absolute Gasteiger partial charge is 0.192 e. The van der Waals surface area contributed by atoms with Crippen LogP contribution in [0.2, 0.25) is 18.1 Å². The molecule has 1 aliphatic rings. The maximum absolute atomic E-state index is 8.29. The van der Waals surface area contributed by atoms with Crippen LogP contribution in [0.5, 0.6) is 0 Å². The lowest BCUT2D eigenvalue weighted by atomic mass is 9.96. The molecular formula is C12H26BN3O3Si. The SMILES string of the molecule is B[C@H]1C[C@@H](OCN=[N+]=[N-])C(CO[Si](C)(C)C(C)(C)C)O1. The summed E-state index contributed by atoms with van der Waals surface area (Å²) in [7, 11) is 0.244. The molecule has 6 nitrogen and oxygen atoms in total. The molecule has 114 valence electrons. The Morgan fingerprint density at radius 1 is 1.45 bits per heavy atom. The molecule has 0 radical (unpaired) electrons. The van der Waals surface area contributed by atoms with Gasteiger partial charge in [-0.1, -0.05) is 25.9 Å². The van der Waals surface area contributed by atoms with E-state index in [0.717, 1.165) is 6.42 Å². The zero-order valence-corrected chi connectivity index (χ0v) is 14.4. The number of hydrogen-bond donors (Lipinski definition) is 0. The first-order valence-electron chi connectivity index (χ1n) is 7.09. The van der Waals surface area contributed by atoms with Crippen molar-refractivity contribution >= 4 is 16.2 Å². The zero-order valence-electron chi connectivity index (χ0n) is 13.4. The first kappa shape index (κ1) is 17.5. The lowest BCUT2D eigenvalue weighted by Gasteiger charge is -2.37. The molecule has 1 saturated heterocycles. The summed E-state index contributed by atoms with van der Waals surface area (Å²) in [4.78, 5) is 2.69. The van der Waals surface area contributed by atoms with Gasteiger partial charge in [0.2, 0.25) is 0 Å². The van der Waals surface area contributed by atoms with Crippen molar-refractivity contribution in [3.8, 4) is 0 Å². The highest BCUT2D eigenvalue weighted by Gasteiger charge is 2.40. The fourth-order valence-corrected chi connectivity index (χ4v) is 2.92. The van der Waals surface area contributed by atoms with Crippen LogP contribution < -0.4 is 0 Å². The molecule has 1 rings (SSSR count). The van der Waals surface area contributed by atoms with E-state index >= 15 is 0 Å². The summed E-state index contributed by atoms with van der Waals surface area (Å²) in [6.07, 6.45) is 0.681. The Morgan fingerprint density at radius 3 is 2.65 bits per heavy atom. The molecule has 0 aromatic heterocycles. The van der Waals surface area contributed by atoms with Gasteiger partial charge in [0, 0.05) is 10.9 Å². The van der Waals surface area contributed by atoms with E-state index in [-0.39, 0.29) is 30.0 Å². The minimum atomic E-state index is -1.78. The van der Waals surface area contributed by atoms with E-state index in [0.29, 0.717) is 6.61 Å². The van der Waals surface area contributed by atoms with Crippen molar-refractivity contribution in [2.75, 3.05) is 13.3 Å². The Morgan fingerprint density at radius 2 is 2.10 bits per heavy atom. The number of rotatable bonds is 6. The Labute approximate surface area is 123 Å². The van der Waals surface area contributed by atoms with E-state index in [1.807, 2.05) is 7.85 Å². The molecule has 1 unspecified atom stereocenters. The van der Waals surface area contributed by atoms with E-state index in [4.69, 9.17) is 19.4 Å². The van der Waals surface area contributed by atoms with Gasteiger partial charge >= 0.3 is 0 Å². The summed E-state index contributed by atoms with van der Waals surface area (Å²) in [6.45, 7) is 11.7. The van der Waals surface area contributed by atoms with Crippen molar-refractivity contribution in [3.63, 3.8) is 0 Å². The van der Waals surface area contributed by atoms with E-state index in [1.165, 1.54) is 0 Å². The second-order valence-corrected chi connectivity index (χ2v) is 11.7. The van der Waals surface area contributed by atoms with E-state index in [9.17, 15) is 0 Å². The molecule has 20 heavy (non-hydrogen) atoms. The van der Waals surface area contributed by atoms with Crippen LogP contribution in [0.15, 0.2) is 5.11 Å². The van der Waals surface area contributed by atoms with Crippen LogP contribution in [-0.2, 0) is 13.9 Å². The van der Waals surface area contributed by atoms with E-state index in [2.05, 4.69) is 43.9 Å². The molecule has 0 spiro atoms. The highest BCUT2D eigenvalue weighted by molar-refractivity contribution is 6.74. The van der Waals surface area contributed by atoms with Crippen LogP contribution in [0.25, 0.3) is 10.4 Å². The van der Waals surface area contributed by atoms with E-state index < -0.39 is 8.32 Å². The molecular weight excluding hydrogens is 273 g/mol. The monoisotopic (exact) mass is 299 g/mol. The summed E-state index contributed by atoms with van der Waals surface area (Å²) in [5.74, 6) is 0. The molecule has 0 aliphatic carbocycles. The Bertz CT molecular complexity index is 369. The Balaban J connectivity index is 2.54. The molecule has 1 heterocycles. The van der Waals surface area contributed by atoms with Crippen LogP contribution in [0.4, 0.5) is 0 Å². The predicted octanol–water partition coefficient (Wildman–Crippen LogP) is 2.41. The van der Waals surface area contributed by atoms with Gasteiger partial charge in [-0.3, -0.25) is 0 Å². The van der Waals surface area contributed by atoms with Gasteiger partial charge in [0.15, 0.2) is 8.32 Å². The zero-order chi connectivity index (χ0) is 15.4. The minimum Gasteiger partial charge on any atom is -0.414 e. The number of azide groups is 1. The van der Waals surface area contributed by atoms with E-state index in [1.54, 1.807) is 0 Å². The van der Waals surface area contributed by atoms with Crippen molar-refractivity contribution in [1.82, 2.24) is 0 Å². The second-order valence-electron chi connectivity index (χ2n) is 6.86. The third-order valence-corrected chi connectivity index (χ3v) is 8.71. The Hall–Kier alpha value is -0.528. The van der Waals surface area contributed by atoms with Gasteiger partial charge in [-0.2, -0.15) is 0 Å². The summed E-state index contributed by atoms with van der Waals surface area (Å²) in [5, 5.41) is 3.59. The standard InChI is InChI=1S/C12H26BN3O3Si/c1-12(2,3)20(4,5)18-7-10-9(6-11(13)19-10)17-8-15-16-14/h9-11H,6-8,13H2,1-5H3/t9-,10?,11-/m1/s1. The van der Waals surface area contributed by atoms with Gasteiger partial charge in [-0.05, 0) is 30.1 Å². The van der Waals surface area contributed by atoms with Crippen molar-refractivity contribution in [2.24, 2.45) is 5.11 Å². The fraction of sp³-hybridized carbons (Fsp3) is 1.00. The first-order valence-corrected chi connectivity index (χ1v) is 10.00. The largest absolute Gasteiger partial charge is 0.414 e. The normalized spacial score (nSPS) is 27.4. The van der Waals surface area contributed by atoms with Crippen molar-refractivity contribution in [1.29, 1.82) is 0 Å². The van der Waals surface area contributed by atoms with Crippen LogP contribution in [0, 0.1) is 0 Å². The summed E-state index contributed by atoms with van der Waals surface area (Å²) in [5.41, 5.74) is 8.29. The number of ether oxygens (including phenoxy) is 2. The predicted molar refractivity (Wildman–Crippen MR) is 83.9 cm³/mol. The Kier molecular flexibility index (Phi) is 6.09. The summed E-state index contributed by atoms with van der Waals surface area (Å²) >= 11 is 0. The third kappa shape index (κ3) is 4.79. The first-order chi connectivity index (χ1) is 9.17. The lowest BCUT2D eigenvalue weighted by molar-refractivity contribution is -0.0329. The molecule has 1 fully saturated rings. The van der Waals surface area contributed by atoms with Crippen LogP contribution >= 0.6 is 0 Å². The molecule has 0 aromatic rings. The average Bonchev–Trinajstić information content (AvgIpc) is 2.66. The topological polar surface area (TPSA) is 76.5 Å². The number of hydrogen-bond acceptors (Lipinski definition) is 4. The molecule has 0 N–H and O–H groups in total. The molecule has 8 heteroatoms. The molecule has 3 atom stereocenters. The molecule has 0 aromatic carbocycles. The highest BCUT2D eigenvalue weighted by atomic mass is 28.4. The second kappa shape index (κ2) is 6.96. The summed E-state index contributed by atoms with van der Waals surface area (Å²) in [6, 6.07) is 0.152. The quantitative estimate of drug-likeness (QED) is 0.327. The van der Waals surface area contributed by atoms with Crippen molar-refractivity contribution in [3.05, 3.63) is 10.4 Å². The fourth-order valence-electron chi connectivity index (χ4n) is 1.90. The number of nitrogens with zero attached hydrogens (tertiary/aromatic N) is 3. The molecule has 0 bridgehead atoms. The van der Waals surface area contributed by atoms with Gasteiger partial charge in [-0.25, -0.2) is 0 Å².